The summed E-state index contributed by atoms with van der Waals surface area (Å²) in [7, 11) is 1.30. The van der Waals surface area contributed by atoms with E-state index >= 15 is 0 Å². The number of phenolic OH excluding ortho intramolecular Hbond substituents is 1. The van der Waals surface area contributed by atoms with E-state index < -0.39 is 5.97 Å². The Hall–Kier alpha value is -0.406. The molecular weight excluding hydrogens is 245 g/mol. The molecule has 1 aromatic carbocycles. The Kier molecular flexibility index (Phi) is 5.18. The number of methoxy groups -OCH3 is 1. The Balaban J connectivity index is 0.00000144. The predicted octanol–water partition coefficient (Wildman–Crippen LogP) is 1.28. The third-order valence-electron chi connectivity index (χ3n) is 1.64. The van der Waals surface area contributed by atoms with Crippen molar-refractivity contribution in [3.8, 4) is 5.75 Å². The molecule has 1 radical (unpaired) electrons. The molecule has 0 fully saturated rings. The Bertz CT molecular complexity index is 310. The van der Waals surface area contributed by atoms with Gasteiger partial charge in [0.05, 0.1) is 7.11 Å². The number of aromatic hydroxyl groups is 1. The number of rotatable bonds is 1. The molecule has 0 aliphatic heterocycles. The summed E-state index contributed by atoms with van der Waals surface area (Å²) in [5, 5.41) is 9.21. The van der Waals surface area contributed by atoms with Crippen molar-refractivity contribution in [1.29, 1.82) is 0 Å². The number of ether oxygens (including phenoxy) is 1. The molecule has 0 atom stereocenters. The molecule has 0 aliphatic rings. The van der Waals surface area contributed by atoms with Crippen LogP contribution >= 0.6 is 0 Å². The van der Waals surface area contributed by atoms with Gasteiger partial charge in [0, 0.05) is 38.5 Å². The van der Waals surface area contributed by atoms with Gasteiger partial charge < -0.3 is 9.84 Å². The summed E-state index contributed by atoms with van der Waals surface area (Å²) in [5.74, 6) is -0.405. The molecule has 0 aromatic heterocycles. The molecule has 1 N–H and O–H groups in total. The van der Waals surface area contributed by atoms with Gasteiger partial charge in [0.1, 0.15) is 0 Å². The maximum atomic E-state index is 11.0. The van der Waals surface area contributed by atoms with Crippen molar-refractivity contribution in [2.24, 2.45) is 0 Å². The number of carbonyl (C=O) groups is 1. The van der Waals surface area contributed by atoms with Gasteiger partial charge in [0.2, 0.25) is 0 Å². The molecule has 0 heterocycles. The third kappa shape index (κ3) is 2.78. The quantitative estimate of drug-likeness (QED) is 0.606. The maximum absolute atomic E-state index is 11.0. The Morgan fingerprint density at radius 1 is 1.54 bits per heavy atom. The van der Waals surface area contributed by atoms with Crippen LogP contribution in [0.2, 0.25) is 0 Å². The van der Waals surface area contributed by atoms with Crippen molar-refractivity contribution in [2.75, 3.05) is 7.11 Å². The minimum absolute atomic E-state index is 0. The van der Waals surface area contributed by atoms with Crippen LogP contribution < -0.4 is 0 Å². The molecule has 0 bridgehead atoms. The zero-order chi connectivity index (χ0) is 9.14. The van der Waals surface area contributed by atoms with E-state index in [2.05, 4.69) is 10.8 Å². The third-order valence-corrected chi connectivity index (χ3v) is 1.64. The fourth-order valence-corrected chi connectivity index (χ4v) is 0.880. The van der Waals surface area contributed by atoms with Gasteiger partial charge in [-0.05, 0) is 5.56 Å². The molecule has 67 valence electrons. The predicted molar refractivity (Wildman–Crippen MR) is 43.0 cm³/mol. The Morgan fingerprint density at radius 2 is 2.15 bits per heavy atom. The van der Waals surface area contributed by atoms with Gasteiger partial charge >= 0.3 is 0 Å². The van der Waals surface area contributed by atoms with Gasteiger partial charge in [-0.2, -0.15) is 12.1 Å². The summed E-state index contributed by atoms with van der Waals surface area (Å²) in [6, 6.07) is 5.53. The van der Waals surface area contributed by atoms with Crippen LogP contribution in [0.5, 0.6) is 5.75 Å². The van der Waals surface area contributed by atoms with Crippen LogP contribution in [-0.2, 0) is 37.4 Å². The van der Waals surface area contributed by atoms with Crippen LogP contribution in [-0.4, -0.2) is 18.2 Å². The van der Waals surface area contributed by atoms with Crippen molar-refractivity contribution < 1.29 is 47.3 Å². The van der Waals surface area contributed by atoms with Crippen molar-refractivity contribution in [3.05, 3.63) is 29.3 Å². The molecule has 0 amide bonds. The molecule has 1 rings (SSSR count). The average molecular weight is 254 g/mol. The molecule has 3 nitrogen and oxygen atoms in total. The number of hydrogen-bond acceptors (Lipinski definition) is 3. The number of esters is 1. The summed E-state index contributed by atoms with van der Waals surface area (Å²) < 4.78 is 4.50. The number of hydrogen-bond donors (Lipinski definition) is 1. The van der Waals surface area contributed by atoms with E-state index in [9.17, 15) is 9.90 Å². The SMILES string of the molecule is COC(=O)c1c[c-]cc(O)c1C.[Y]. The zero-order valence-corrected chi connectivity index (χ0v) is 10.3. The van der Waals surface area contributed by atoms with Gasteiger partial charge in [0.15, 0.2) is 0 Å². The number of phenols is 1. The van der Waals surface area contributed by atoms with E-state index in [1.807, 2.05) is 0 Å². The Morgan fingerprint density at radius 3 is 2.69 bits per heavy atom. The van der Waals surface area contributed by atoms with Gasteiger partial charge in [-0.1, -0.05) is 6.92 Å². The fraction of sp³-hybridized carbons (Fsp3) is 0.222. The first-order valence-corrected chi connectivity index (χ1v) is 3.44. The molecular formula is C9H9O3Y-. The number of benzene rings is 1. The van der Waals surface area contributed by atoms with Gasteiger partial charge in [-0.3, -0.25) is 4.79 Å². The first-order valence-electron chi connectivity index (χ1n) is 3.44. The summed E-state index contributed by atoms with van der Waals surface area (Å²) in [4.78, 5) is 11.0. The van der Waals surface area contributed by atoms with Crippen LogP contribution in [0.4, 0.5) is 0 Å². The van der Waals surface area contributed by atoms with E-state index in [1.54, 1.807) is 6.92 Å². The Labute approximate surface area is 102 Å². The topological polar surface area (TPSA) is 46.5 Å². The molecule has 4 heteroatoms. The molecule has 0 saturated heterocycles. The average Bonchev–Trinajstić information content (AvgIpc) is 2.08. The van der Waals surface area contributed by atoms with Crippen LogP contribution in [0.1, 0.15) is 15.9 Å². The standard InChI is InChI=1S/C9H9O3.Y/c1-6-7(9(11)12-2)4-3-5-8(6)10;/h4-5,10H,1-2H3;/q-1;. The minimum Gasteiger partial charge on any atom is -0.565 e. The normalized spacial score (nSPS) is 8.77. The van der Waals surface area contributed by atoms with Gasteiger partial charge in [-0.15, -0.1) is 11.6 Å². The van der Waals surface area contributed by atoms with Crippen LogP contribution in [0.3, 0.4) is 0 Å². The van der Waals surface area contributed by atoms with Crippen molar-refractivity contribution in [2.45, 2.75) is 6.92 Å². The van der Waals surface area contributed by atoms with Crippen LogP contribution in [0.25, 0.3) is 0 Å². The van der Waals surface area contributed by atoms with E-state index in [0.29, 0.717) is 11.1 Å². The minimum atomic E-state index is -0.459. The largest absolute Gasteiger partial charge is 0.565 e. The van der Waals surface area contributed by atoms with Crippen LogP contribution in [0.15, 0.2) is 12.1 Å². The smallest absolute Gasteiger partial charge is 0.281 e. The van der Waals surface area contributed by atoms with Crippen molar-refractivity contribution >= 4 is 5.97 Å². The second-order valence-corrected chi connectivity index (χ2v) is 2.37. The molecule has 0 saturated carbocycles. The summed E-state index contributed by atoms with van der Waals surface area (Å²) >= 11 is 0. The van der Waals surface area contributed by atoms with Crippen molar-refractivity contribution in [1.82, 2.24) is 0 Å². The molecule has 0 unspecified atom stereocenters. The molecule has 0 spiro atoms. The second kappa shape index (κ2) is 5.35. The molecule has 0 aliphatic carbocycles. The van der Waals surface area contributed by atoms with Crippen molar-refractivity contribution in [3.63, 3.8) is 0 Å². The molecule has 1 aromatic rings. The van der Waals surface area contributed by atoms with E-state index in [0.717, 1.165) is 0 Å². The first kappa shape index (κ1) is 12.6. The summed E-state index contributed by atoms with van der Waals surface area (Å²) in [6.07, 6.45) is 0. The maximum Gasteiger partial charge on any atom is 0.281 e. The monoisotopic (exact) mass is 254 g/mol. The number of carbonyl (C=O) groups excluding carboxylic acids is 1. The van der Waals surface area contributed by atoms with Gasteiger partial charge in [0.25, 0.3) is 5.97 Å². The molecule has 13 heavy (non-hydrogen) atoms. The zero-order valence-electron chi connectivity index (χ0n) is 7.50. The first-order chi connectivity index (χ1) is 5.66. The van der Waals surface area contributed by atoms with Gasteiger partial charge in [-0.25, -0.2) is 0 Å². The second-order valence-electron chi connectivity index (χ2n) is 2.37. The summed E-state index contributed by atoms with van der Waals surface area (Å²) in [6.45, 7) is 1.65. The van der Waals surface area contributed by atoms with E-state index in [4.69, 9.17) is 0 Å². The van der Waals surface area contributed by atoms with E-state index in [-0.39, 0.29) is 38.5 Å². The van der Waals surface area contributed by atoms with E-state index in [1.165, 1.54) is 19.2 Å². The fourth-order valence-electron chi connectivity index (χ4n) is 0.880. The summed E-state index contributed by atoms with van der Waals surface area (Å²) in [5.41, 5.74) is 0.859. The van der Waals surface area contributed by atoms with Crippen LogP contribution in [0, 0.1) is 13.0 Å².